The van der Waals surface area contributed by atoms with Gasteiger partial charge in [-0.1, -0.05) is 0 Å². The van der Waals surface area contributed by atoms with Crippen molar-refractivity contribution >= 4 is 28.8 Å². The van der Waals surface area contributed by atoms with E-state index in [1.165, 1.54) is 11.3 Å². The van der Waals surface area contributed by atoms with E-state index in [4.69, 9.17) is 16.3 Å². The molecular formula is C11H14ClNO2S. The second-order valence-corrected chi connectivity index (χ2v) is 5.35. The number of hydrogen-bond acceptors (Lipinski definition) is 3. The number of methoxy groups -OCH3 is 1. The van der Waals surface area contributed by atoms with Gasteiger partial charge in [0, 0.05) is 29.3 Å². The summed E-state index contributed by atoms with van der Waals surface area (Å²) >= 11 is 7.23. The van der Waals surface area contributed by atoms with E-state index in [1.54, 1.807) is 13.2 Å². The van der Waals surface area contributed by atoms with E-state index >= 15 is 0 Å². The maximum atomic E-state index is 11.8. The maximum Gasteiger partial charge on any atom is 0.261 e. The van der Waals surface area contributed by atoms with E-state index < -0.39 is 0 Å². The molecule has 0 aromatic carbocycles. The van der Waals surface area contributed by atoms with Crippen LogP contribution in [0.25, 0.3) is 0 Å². The van der Waals surface area contributed by atoms with Crippen LogP contribution in [0.3, 0.4) is 0 Å². The largest absolute Gasteiger partial charge is 0.496 e. The number of hydrogen-bond donors (Lipinski definition) is 1. The fourth-order valence-corrected chi connectivity index (χ4v) is 2.57. The molecule has 1 aromatic rings. The van der Waals surface area contributed by atoms with Gasteiger partial charge < -0.3 is 10.1 Å². The van der Waals surface area contributed by atoms with Crippen molar-refractivity contribution in [1.82, 2.24) is 5.32 Å². The third-order valence-corrected chi connectivity index (χ3v) is 4.37. The minimum Gasteiger partial charge on any atom is -0.496 e. The molecule has 1 fully saturated rings. The molecule has 3 nitrogen and oxygen atoms in total. The predicted octanol–water partition coefficient (Wildman–Crippen LogP) is 2.51. The molecular weight excluding hydrogens is 246 g/mol. The van der Waals surface area contributed by atoms with E-state index in [-0.39, 0.29) is 11.3 Å². The summed E-state index contributed by atoms with van der Waals surface area (Å²) in [6, 6.07) is 1.75. The molecule has 1 N–H and O–H groups in total. The molecule has 0 unspecified atom stereocenters. The number of carbonyl (C=O) groups excluding carboxylic acids is 1. The quantitative estimate of drug-likeness (QED) is 0.826. The molecule has 0 atom stereocenters. The SMILES string of the molecule is COc1csc(C(=O)NCC2(CCl)CC2)c1. The molecule has 0 bridgehead atoms. The zero-order valence-corrected chi connectivity index (χ0v) is 10.7. The monoisotopic (exact) mass is 259 g/mol. The zero-order valence-electron chi connectivity index (χ0n) is 9.09. The van der Waals surface area contributed by atoms with Crippen LogP contribution in [0.2, 0.25) is 0 Å². The first-order chi connectivity index (χ1) is 7.69. The van der Waals surface area contributed by atoms with E-state index in [1.807, 2.05) is 5.38 Å². The Morgan fingerprint density at radius 2 is 2.44 bits per heavy atom. The highest BCUT2D eigenvalue weighted by atomic mass is 35.5. The molecule has 0 saturated heterocycles. The van der Waals surface area contributed by atoms with Crippen LogP contribution in [0.4, 0.5) is 0 Å². The minimum absolute atomic E-state index is 0.0373. The topological polar surface area (TPSA) is 38.3 Å². The van der Waals surface area contributed by atoms with Crippen molar-refractivity contribution in [3.8, 4) is 5.75 Å². The van der Waals surface area contributed by atoms with Crippen LogP contribution in [0.5, 0.6) is 5.75 Å². The van der Waals surface area contributed by atoms with Gasteiger partial charge in [0.1, 0.15) is 5.75 Å². The van der Waals surface area contributed by atoms with Gasteiger partial charge in [-0.05, 0) is 12.8 Å². The number of thiophene rings is 1. The van der Waals surface area contributed by atoms with Gasteiger partial charge in [-0.2, -0.15) is 0 Å². The molecule has 1 aliphatic rings. The maximum absolute atomic E-state index is 11.8. The first kappa shape index (κ1) is 11.7. The lowest BCUT2D eigenvalue weighted by molar-refractivity contribution is 0.0950. The summed E-state index contributed by atoms with van der Waals surface area (Å²) in [6.07, 6.45) is 2.23. The molecule has 0 radical (unpaired) electrons. The van der Waals surface area contributed by atoms with E-state index in [9.17, 15) is 4.79 Å². The van der Waals surface area contributed by atoms with Gasteiger partial charge >= 0.3 is 0 Å². The summed E-state index contributed by atoms with van der Waals surface area (Å²) in [4.78, 5) is 12.4. The Kier molecular flexibility index (Phi) is 3.40. The molecule has 16 heavy (non-hydrogen) atoms. The third kappa shape index (κ3) is 2.50. The average Bonchev–Trinajstić information content (AvgIpc) is 2.94. The summed E-state index contributed by atoms with van der Waals surface area (Å²) in [7, 11) is 1.59. The minimum atomic E-state index is -0.0373. The van der Waals surface area contributed by atoms with Gasteiger partial charge in [0.2, 0.25) is 0 Å². The van der Waals surface area contributed by atoms with E-state index in [2.05, 4.69) is 5.32 Å². The highest BCUT2D eigenvalue weighted by Gasteiger charge is 2.41. The summed E-state index contributed by atoms with van der Waals surface area (Å²) in [5.41, 5.74) is 0.165. The highest BCUT2D eigenvalue weighted by Crippen LogP contribution is 2.45. The van der Waals surface area contributed by atoms with Crippen LogP contribution >= 0.6 is 22.9 Å². The van der Waals surface area contributed by atoms with Crippen LogP contribution in [0.1, 0.15) is 22.5 Å². The average molecular weight is 260 g/mol. The second-order valence-electron chi connectivity index (χ2n) is 4.17. The third-order valence-electron chi connectivity index (χ3n) is 2.90. The van der Waals surface area contributed by atoms with Crippen LogP contribution in [-0.2, 0) is 0 Å². The Hall–Kier alpha value is -0.740. The molecule has 1 heterocycles. The molecule has 1 saturated carbocycles. The molecule has 2 rings (SSSR count). The number of carbonyl (C=O) groups is 1. The Bertz CT molecular complexity index is 387. The van der Waals surface area contributed by atoms with Crippen molar-refractivity contribution in [3.63, 3.8) is 0 Å². The Morgan fingerprint density at radius 3 is 2.94 bits per heavy atom. The Labute approximate surface area is 104 Å². The van der Waals surface area contributed by atoms with Crippen LogP contribution in [0, 0.1) is 5.41 Å². The van der Waals surface area contributed by atoms with Gasteiger partial charge in [0.25, 0.3) is 5.91 Å². The van der Waals surface area contributed by atoms with Gasteiger partial charge in [-0.15, -0.1) is 22.9 Å². The Balaban J connectivity index is 1.88. The van der Waals surface area contributed by atoms with Crippen molar-refractivity contribution in [2.24, 2.45) is 5.41 Å². The molecule has 0 spiro atoms. The lowest BCUT2D eigenvalue weighted by Gasteiger charge is -2.11. The van der Waals surface area contributed by atoms with Gasteiger partial charge in [0.05, 0.1) is 12.0 Å². The number of rotatable bonds is 5. The number of amides is 1. The van der Waals surface area contributed by atoms with Gasteiger partial charge in [-0.25, -0.2) is 0 Å². The van der Waals surface area contributed by atoms with E-state index in [0.29, 0.717) is 17.3 Å². The molecule has 0 aliphatic heterocycles. The normalized spacial score (nSPS) is 16.9. The number of nitrogens with one attached hydrogen (secondary N) is 1. The molecule has 1 amide bonds. The molecule has 1 aromatic heterocycles. The summed E-state index contributed by atoms with van der Waals surface area (Å²) < 4.78 is 5.03. The zero-order chi connectivity index (χ0) is 11.6. The first-order valence-corrected chi connectivity index (χ1v) is 6.57. The van der Waals surface area contributed by atoms with Crippen molar-refractivity contribution < 1.29 is 9.53 Å². The van der Waals surface area contributed by atoms with E-state index in [0.717, 1.165) is 18.6 Å². The fraction of sp³-hybridized carbons (Fsp3) is 0.545. The van der Waals surface area contributed by atoms with Crippen LogP contribution in [0.15, 0.2) is 11.4 Å². The molecule has 1 aliphatic carbocycles. The smallest absolute Gasteiger partial charge is 0.261 e. The van der Waals surface area contributed by atoms with Crippen molar-refractivity contribution in [1.29, 1.82) is 0 Å². The van der Waals surface area contributed by atoms with Crippen molar-refractivity contribution in [3.05, 3.63) is 16.3 Å². The van der Waals surface area contributed by atoms with Gasteiger partial charge in [-0.3, -0.25) is 4.79 Å². The fourth-order valence-electron chi connectivity index (χ4n) is 1.43. The molecule has 5 heteroatoms. The highest BCUT2D eigenvalue weighted by molar-refractivity contribution is 7.12. The van der Waals surface area contributed by atoms with Crippen LogP contribution in [-0.4, -0.2) is 25.4 Å². The molecule has 88 valence electrons. The lowest BCUT2D eigenvalue weighted by atomic mass is 10.1. The lowest BCUT2D eigenvalue weighted by Crippen LogP contribution is -2.30. The number of halogens is 1. The predicted molar refractivity (Wildman–Crippen MR) is 65.6 cm³/mol. The second kappa shape index (κ2) is 4.63. The van der Waals surface area contributed by atoms with Gasteiger partial charge in [0.15, 0.2) is 0 Å². The van der Waals surface area contributed by atoms with Crippen LogP contribution < -0.4 is 10.1 Å². The Morgan fingerprint density at radius 1 is 1.69 bits per heavy atom. The first-order valence-electron chi connectivity index (χ1n) is 5.16. The van der Waals surface area contributed by atoms with Crippen molar-refractivity contribution in [2.45, 2.75) is 12.8 Å². The summed E-state index contributed by atoms with van der Waals surface area (Å²) in [6.45, 7) is 0.676. The van der Waals surface area contributed by atoms with Crippen molar-refractivity contribution in [2.75, 3.05) is 19.5 Å². The number of alkyl halides is 1. The number of ether oxygens (including phenoxy) is 1. The summed E-state index contributed by atoms with van der Waals surface area (Å²) in [5, 5.41) is 4.74. The summed E-state index contributed by atoms with van der Waals surface area (Å²) in [5.74, 6) is 1.32. The standard InChI is InChI=1S/C11H14ClNO2S/c1-15-8-4-9(16-5-8)10(14)13-7-11(6-12)2-3-11/h4-5H,2-3,6-7H2,1H3,(H,13,14).